The van der Waals surface area contributed by atoms with E-state index in [1.165, 1.54) is 12.8 Å². The highest BCUT2D eigenvalue weighted by Gasteiger charge is 2.46. The van der Waals surface area contributed by atoms with Crippen LogP contribution in [-0.4, -0.2) is 26.2 Å². The Labute approximate surface area is 110 Å². The van der Waals surface area contributed by atoms with Gasteiger partial charge in [0, 0.05) is 13.6 Å². The Morgan fingerprint density at radius 1 is 1.39 bits per heavy atom. The van der Waals surface area contributed by atoms with E-state index in [2.05, 4.69) is 31.0 Å². The largest absolute Gasteiger partial charge is 0.495 e. The summed E-state index contributed by atoms with van der Waals surface area (Å²) in [4.78, 5) is 2.34. The Balaban J connectivity index is 2.36. The van der Waals surface area contributed by atoms with Crippen molar-refractivity contribution in [2.24, 2.45) is 11.7 Å². The fraction of sp³-hybridized carbons (Fsp3) is 0.600. The van der Waals surface area contributed by atoms with Crippen LogP contribution in [0.15, 0.2) is 24.3 Å². The Morgan fingerprint density at radius 2 is 2.06 bits per heavy atom. The van der Waals surface area contributed by atoms with Crippen LogP contribution in [0.4, 0.5) is 5.69 Å². The van der Waals surface area contributed by atoms with Gasteiger partial charge in [0.15, 0.2) is 0 Å². The molecule has 1 saturated carbocycles. The SMILES string of the molecule is CCC(CN)(C1CC1)N(C)c1ccccc1OC. The summed E-state index contributed by atoms with van der Waals surface area (Å²) in [6, 6.07) is 8.18. The highest BCUT2D eigenvalue weighted by molar-refractivity contribution is 5.60. The topological polar surface area (TPSA) is 38.5 Å². The second kappa shape index (κ2) is 5.19. The second-order valence-electron chi connectivity index (χ2n) is 5.17. The summed E-state index contributed by atoms with van der Waals surface area (Å²) in [6.07, 6.45) is 3.66. The summed E-state index contributed by atoms with van der Waals surface area (Å²) in [5.41, 5.74) is 7.32. The van der Waals surface area contributed by atoms with E-state index in [4.69, 9.17) is 10.5 Å². The normalized spacial score (nSPS) is 18.2. The predicted octanol–water partition coefficient (Wildman–Crippen LogP) is 2.65. The van der Waals surface area contributed by atoms with Crippen LogP contribution in [0.25, 0.3) is 0 Å². The van der Waals surface area contributed by atoms with Crippen LogP contribution in [-0.2, 0) is 0 Å². The van der Waals surface area contributed by atoms with Crippen molar-refractivity contribution in [1.82, 2.24) is 0 Å². The lowest BCUT2D eigenvalue weighted by atomic mass is 9.87. The number of benzene rings is 1. The zero-order valence-electron chi connectivity index (χ0n) is 11.6. The first-order chi connectivity index (χ1) is 8.69. The lowest BCUT2D eigenvalue weighted by Gasteiger charge is -2.43. The average molecular weight is 248 g/mol. The van der Waals surface area contributed by atoms with Gasteiger partial charge >= 0.3 is 0 Å². The van der Waals surface area contributed by atoms with Crippen LogP contribution >= 0.6 is 0 Å². The number of rotatable bonds is 6. The maximum atomic E-state index is 6.11. The van der Waals surface area contributed by atoms with Crippen molar-refractivity contribution in [2.75, 3.05) is 25.6 Å². The average Bonchev–Trinajstić information content (AvgIpc) is 3.25. The number of nitrogens with zero attached hydrogens (tertiary/aromatic N) is 1. The van der Waals surface area contributed by atoms with Gasteiger partial charge in [0.2, 0.25) is 0 Å². The van der Waals surface area contributed by atoms with E-state index in [1.54, 1.807) is 7.11 Å². The molecule has 1 aromatic carbocycles. The maximum absolute atomic E-state index is 6.11. The first-order valence-corrected chi connectivity index (χ1v) is 6.76. The molecule has 0 aromatic heterocycles. The molecule has 0 heterocycles. The molecular formula is C15H24N2O. The smallest absolute Gasteiger partial charge is 0.142 e. The van der Waals surface area contributed by atoms with Gasteiger partial charge in [-0.3, -0.25) is 0 Å². The Morgan fingerprint density at radius 3 is 2.56 bits per heavy atom. The van der Waals surface area contributed by atoms with Crippen molar-refractivity contribution in [3.8, 4) is 5.75 Å². The molecule has 3 nitrogen and oxygen atoms in total. The number of hydrogen-bond donors (Lipinski definition) is 1. The van der Waals surface area contributed by atoms with Gasteiger partial charge in [-0.2, -0.15) is 0 Å². The molecule has 100 valence electrons. The Kier molecular flexibility index (Phi) is 3.81. The zero-order chi connectivity index (χ0) is 13.2. The molecule has 0 bridgehead atoms. The van der Waals surface area contributed by atoms with Crippen molar-refractivity contribution in [3.63, 3.8) is 0 Å². The summed E-state index contributed by atoms with van der Waals surface area (Å²) in [6.45, 7) is 2.93. The van der Waals surface area contributed by atoms with E-state index in [-0.39, 0.29) is 5.54 Å². The predicted molar refractivity (Wildman–Crippen MR) is 76.2 cm³/mol. The first kappa shape index (κ1) is 13.2. The van der Waals surface area contributed by atoms with Crippen LogP contribution in [0.5, 0.6) is 5.75 Å². The lowest BCUT2D eigenvalue weighted by molar-refractivity contribution is 0.342. The maximum Gasteiger partial charge on any atom is 0.142 e. The van der Waals surface area contributed by atoms with E-state index in [1.807, 2.05) is 12.1 Å². The third-order valence-electron chi connectivity index (χ3n) is 4.42. The molecular weight excluding hydrogens is 224 g/mol. The number of likely N-dealkylation sites (N-methyl/N-ethyl adjacent to an activating group) is 1. The fourth-order valence-corrected chi connectivity index (χ4v) is 3.02. The highest BCUT2D eigenvalue weighted by Crippen LogP contribution is 2.46. The van der Waals surface area contributed by atoms with Gasteiger partial charge in [-0.05, 0) is 37.3 Å². The minimum atomic E-state index is 0.0780. The number of anilines is 1. The Bertz CT molecular complexity index is 397. The summed E-state index contributed by atoms with van der Waals surface area (Å²) in [7, 11) is 3.87. The fourth-order valence-electron chi connectivity index (χ4n) is 3.02. The molecule has 18 heavy (non-hydrogen) atoms. The van der Waals surface area contributed by atoms with Gasteiger partial charge in [-0.25, -0.2) is 0 Å². The van der Waals surface area contributed by atoms with Gasteiger partial charge < -0.3 is 15.4 Å². The summed E-state index contributed by atoms with van der Waals surface area (Å²) in [5, 5.41) is 0. The molecule has 1 fully saturated rings. The van der Waals surface area contributed by atoms with Gasteiger partial charge in [0.05, 0.1) is 18.3 Å². The van der Waals surface area contributed by atoms with E-state index in [9.17, 15) is 0 Å². The molecule has 0 radical (unpaired) electrons. The van der Waals surface area contributed by atoms with E-state index < -0.39 is 0 Å². The molecule has 0 amide bonds. The van der Waals surface area contributed by atoms with Crippen molar-refractivity contribution in [2.45, 2.75) is 31.7 Å². The van der Waals surface area contributed by atoms with Crippen molar-refractivity contribution < 1.29 is 4.74 Å². The molecule has 1 aliphatic rings. The molecule has 1 aromatic rings. The summed E-state index contributed by atoms with van der Waals surface area (Å²) >= 11 is 0. The second-order valence-corrected chi connectivity index (χ2v) is 5.17. The molecule has 1 atom stereocenters. The standard InChI is InChI=1S/C15H24N2O/c1-4-15(11-16,12-9-10-12)17(2)13-7-5-6-8-14(13)18-3/h5-8,12H,4,9-11,16H2,1-3H3. The third kappa shape index (κ3) is 2.07. The summed E-state index contributed by atoms with van der Waals surface area (Å²) in [5.74, 6) is 1.65. The molecule has 2 N–H and O–H groups in total. The third-order valence-corrected chi connectivity index (χ3v) is 4.42. The summed E-state index contributed by atoms with van der Waals surface area (Å²) < 4.78 is 5.47. The van der Waals surface area contributed by atoms with Crippen LogP contribution < -0.4 is 15.4 Å². The minimum Gasteiger partial charge on any atom is -0.495 e. The van der Waals surface area contributed by atoms with E-state index in [0.717, 1.165) is 23.8 Å². The van der Waals surface area contributed by atoms with Crippen molar-refractivity contribution in [3.05, 3.63) is 24.3 Å². The number of methoxy groups -OCH3 is 1. The van der Waals surface area contributed by atoms with Crippen LogP contribution in [0.1, 0.15) is 26.2 Å². The number of ether oxygens (including phenoxy) is 1. The monoisotopic (exact) mass is 248 g/mol. The molecule has 2 rings (SSSR count). The number of nitrogens with two attached hydrogens (primary N) is 1. The quantitative estimate of drug-likeness (QED) is 0.841. The molecule has 1 unspecified atom stereocenters. The molecule has 3 heteroatoms. The molecule has 0 spiro atoms. The number of para-hydroxylation sites is 2. The van der Waals surface area contributed by atoms with Gasteiger partial charge in [-0.1, -0.05) is 19.1 Å². The molecule has 0 saturated heterocycles. The van der Waals surface area contributed by atoms with Gasteiger partial charge in [0.25, 0.3) is 0 Å². The lowest BCUT2D eigenvalue weighted by Crippen LogP contribution is -2.54. The molecule has 1 aliphatic carbocycles. The van der Waals surface area contributed by atoms with Crippen molar-refractivity contribution in [1.29, 1.82) is 0 Å². The van der Waals surface area contributed by atoms with Crippen LogP contribution in [0.2, 0.25) is 0 Å². The first-order valence-electron chi connectivity index (χ1n) is 6.76. The highest BCUT2D eigenvalue weighted by atomic mass is 16.5. The van der Waals surface area contributed by atoms with Gasteiger partial charge in [-0.15, -0.1) is 0 Å². The van der Waals surface area contributed by atoms with E-state index in [0.29, 0.717) is 6.54 Å². The number of hydrogen-bond acceptors (Lipinski definition) is 3. The van der Waals surface area contributed by atoms with Gasteiger partial charge in [0.1, 0.15) is 5.75 Å². The van der Waals surface area contributed by atoms with Crippen molar-refractivity contribution >= 4 is 5.69 Å². The van der Waals surface area contributed by atoms with E-state index >= 15 is 0 Å². The minimum absolute atomic E-state index is 0.0780. The molecule has 0 aliphatic heterocycles. The zero-order valence-corrected chi connectivity index (χ0v) is 11.6. The van der Waals surface area contributed by atoms with Crippen LogP contribution in [0.3, 0.4) is 0 Å². The Hall–Kier alpha value is -1.22. The van der Waals surface area contributed by atoms with Crippen LogP contribution in [0, 0.1) is 5.92 Å².